The molecule has 9 heteroatoms. The van der Waals surface area contributed by atoms with Crippen LogP contribution in [0.4, 0.5) is 0 Å². The first-order valence-corrected chi connectivity index (χ1v) is 12.4. The molecule has 0 spiro atoms. The van der Waals surface area contributed by atoms with Crippen molar-refractivity contribution in [1.29, 1.82) is 0 Å². The number of hydrogen-bond acceptors (Lipinski definition) is 6. The molecule has 28 heavy (non-hydrogen) atoms. The van der Waals surface area contributed by atoms with Crippen LogP contribution in [0.2, 0.25) is 0 Å². The first kappa shape index (κ1) is 20.7. The van der Waals surface area contributed by atoms with Gasteiger partial charge in [0.05, 0.1) is 4.90 Å². The van der Waals surface area contributed by atoms with E-state index in [4.69, 9.17) is 0 Å². The average molecular weight is 437 g/mol. The standard InChI is InChI=1S/C19H20N2O4S3/c1-14-7-8-17(15(2)11-14)28(24,25)21-13-18(16-5-3-9-20-12-16)27(22,23)19-6-4-10-26-19/h3-12,18,21H,13H2,1-2H3. The lowest BCUT2D eigenvalue weighted by molar-refractivity contribution is 0.569. The molecule has 0 aliphatic heterocycles. The molecule has 2 heterocycles. The van der Waals surface area contributed by atoms with Gasteiger partial charge in [0.25, 0.3) is 0 Å². The topological polar surface area (TPSA) is 93.2 Å². The Hall–Kier alpha value is -2.07. The molecule has 148 valence electrons. The molecule has 0 fully saturated rings. The van der Waals surface area contributed by atoms with Gasteiger partial charge in [0.2, 0.25) is 10.0 Å². The van der Waals surface area contributed by atoms with Gasteiger partial charge in [-0.15, -0.1) is 11.3 Å². The Bertz CT molecular complexity index is 1160. The molecule has 1 aromatic carbocycles. The van der Waals surface area contributed by atoms with Crippen molar-refractivity contribution in [3.63, 3.8) is 0 Å². The van der Waals surface area contributed by atoms with E-state index in [9.17, 15) is 16.8 Å². The van der Waals surface area contributed by atoms with Crippen molar-refractivity contribution in [2.75, 3.05) is 6.54 Å². The molecule has 0 bridgehead atoms. The summed E-state index contributed by atoms with van der Waals surface area (Å²) in [5.41, 5.74) is 1.98. The van der Waals surface area contributed by atoms with Gasteiger partial charge in [-0.2, -0.15) is 0 Å². The average Bonchev–Trinajstić information content (AvgIpc) is 3.17. The third kappa shape index (κ3) is 4.33. The minimum Gasteiger partial charge on any atom is -0.264 e. The number of thiophene rings is 1. The summed E-state index contributed by atoms with van der Waals surface area (Å²) in [7, 11) is -7.65. The van der Waals surface area contributed by atoms with Crippen molar-refractivity contribution in [1.82, 2.24) is 9.71 Å². The van der Waals surface area contributed by atoms with Crippen LogP contribution >= 0.6 is 11.3 Å². The fourth-order valence-electron chi connectivity index (χ4n) is 2.90. The summed E-state index contributed by atoms with van der Waals surface area (Å²) in [5, 5.41) is 0.591. The molecule has 3 rings (SSSR count). The van der Waals surface area contributed by atoms with Gasteiger partial charge in [0.15, 0.2) is 9.84 Å². The smallest absolute Gasteiger partial charge is 0.240 e. The van der Waals surface area contributed by atoms with Crippen LogP contribution in [0.1, 0.15) is 21.9 Å². The molecule has 6 nitrogen and oxygen atoms in total. The van der Waals surface area contributed by atoms with Crippen LogP contribution in [0.15, 0.2) is 69.3 Å². The molecule has 0 saturated carbocycles. The second-order valence-electron chi connectivity index (χ2n) is 6.37. The van der Waals surface area contributed by atoms with E-state index >= 15 is 0 Å². The largest absolute Gasteiger partial charge is 0.264 e. The highest BCUT2D eigenvalue weighted by atomic mass is 32.2. The second-order valence-corrected chi connectivity index (χ2v) is 11.4. The van der Waals surface area contributed by atoms with E-state index in [1.54, 1.807) is 42.6 Å². The van der Waals surface area contributed by atoms with E-state index in [0.29, 0.717) is 11.1 Å². The van der Waals surface area contributed by atoms with Crippen LogP contribution in [-0.2, 0) is 19.9 Å². The van der Waals surface area contributed by atoms with Crippen molar-refractivity contribution in [3.05, 3.63) is 76.9 Å². The monoisotopic (exact) mass is 436 g/mol. The number of aryl methyl sites for hydroxylation is 2. The quantitative estimate of drug-likeness (QED) is 0.614. The maximum Gasteiger partial charge on any atom is 0.240 e. The van der Waals surface area contributed by atoms with Gasteiger partial charge in [-0.25, -0.2) is 21.6 Å². The van der Waals surface area contributed by atoms with E-state index in [2.05, 4.69) is 9.71 Å². The zero-order valence-electron chi connectivity index (χ0n) is 15.4. The molecular weight excluding hydrogens is 416 g/mol. The summed E-state index contributed by atoms with van der Waals surface area (Å²) in [5.74, 6) is 0. The molecule has 0 aliphatic carbocycles. The van der Waals surface area contributed by atoms with Gasteiger partial charge in [-0.05, 0) is 48.6 Å². The van der Waals surface area contributed by atoms with E-state index in [1.807, 2.05) is 6.92 Å². The van der Waals surface area contributed by atoms with Gasteiger partial charge in [-0.1, -0.05) is 29.8 Å². The Morgan fingerprint density at radius 1 is 1.07 bits per heavy atom. The summed E-state index contributed by atoms with van der Waals surface area (Å²) in [6.07, 6.45) is 2.99. The summed E-state index contributed by atoms with van der Waals surface area (Å²) < 4.78 is 54.5. The third-order valence-corrected chi connectivity index (χ3v) is 9.40. The zero-order valence-corrected chi connectivity index (χ0v) is 17.8. The molecule has 2 aromatic heterocycles. The lowest BCUT2D eigenvalue weighted by Crippen LogP contribution is -2.32. The molecule has 0 aliphatic rings. The number of nitrogens with one attached hydrogen (secondary N) is 1. The second kappa shape index (κ2) is 8.12. The van der Waals surface area contributed by atoms with Crippen LogP contribution in [0, 0.1) is 13.8 Å². The van der Waals surface area contributed by atoms with E-state index < -0.39 is 25.1 Å². The van der Waals surface area contributed by atoms with Gasteiger partial charge in [-0.3, -0.25) is 4.98 Å². The maximum atomic E-state index is 13.1. The van der Waals surface area contributed by atoms with Crippen molar-refractivity contribution >= 4 is 31.2 Å². The highest BCUT2D eigenvalue weighted by Crippen LogP contribution is 2.31. The van der Waals surface area contributed by atoms with Crippen LogP contribution in [0.25, 0.3) is 0 Å². The van der Waals surface area contributed by atoms with Crippen molar-refractivity contribution < 1.29 is 16.8 Å². The molecule has 0 radical (unpaired) electrons. The highest BCUT2D eigenvalue weighted by Gasteiger charge is 2.32. The number of sulfonamides is 1. The predicted octanol–water partition coefficient (Wildman–Crippen LogP) is 3.25. The van der Waals surface area contributed by atoms with Gasteiger partial charge >= 0.3 is 0 Å². The molecular formula is C19H20N2O4S3. The van der Waals surface area contributed by atoms with Gasteiger partial charge < -0.3 is 0 Å². The Labute approximate surface area is 169 Å². The lowest BCUT2D eigenvalue weighted by Gasteiger charge is -2.18. The van der Waals surface area contributed by atoms with Crippen molar-refractivity contribution in [2.24, 2.45) is 0 Å². The molecule has 0 amide bonds. The molecule has 3 aromatic rings. The number of sulfone groups is 1. The van der Waals surface area contributed by atoms with Crippen LogP contribution in [-0.4, -0.2) is 28.4 Å². The van der Waals surface area contributed by atoms with Gasteiger partial charge in [0.1, 0.15) is 9.46 Å². The van der Waals surface area contributed by atoms with Crippen molar-refractivity contribution in [2.45, 2.75) is 28.2 Å². The van der Waals surface area contributed by atoms with E-state index in [0.717, 1.165) is 16.9 Å². The number of pyridine rings is 1. The molecule has 1 unspecified atom stereocenters. The Kier molecular flexibility index (Phi) is 5.99. The third-order valence-electron chi connectivity index (χ3n) is 4.28. The van der Waals surface area contributed by atoms with Crippen LogP contribution in [0.3, 0.4) is 0 Å². The number of nitrogens with zero attached hydrogens (tertiary/aromatic N) is 1. The Balaban J connectivity index is 1.95. The first-order chi connectivity index (χ1) is 13.2. The molecule has 0 saturated heterocycles. The number of aromatic nitrogens is 1. The van der Waals surface area contributed by atoms with Gasteiger partial charge in [0, 0.05) is 18.9 Å². The number of benzene rings is 1. The summed E-state index contributed by atoms with van der Waals surface area (Å²) in [4.78, 5) is 4.12. The predicted molar refractivity (Wildman–Crippen MR) is 110 cm³/mol. The normalized spacial score (nSPS) is 13.4. The minimum absolute atomic E-state index is 0.136. The fourth-order valence-corrected chi connectivity index (χ4v) is 7.13. The summed E-state index contributed by atoms with van der Waals surface area (Å²) in [6, 6.07) is 11.4. The summed E-state index contributed by atoms with van der Waals surface area (Å²) >= 11 is 1.10. The maximum absolute atomic E-state index is 13.1. The minimum atomic E-state index is -3.87. The number of hydrogen-bond donors (Lipinski definition) is 1. The van der Waals surface area contributed by atoms with E-state index in [-0.39, 0.29) is 15.6 Å². The SMILES string of the molecule is Cc1ccc(S(=O)(=O)NCC(c2cccnc2)S(=O)(=O)c2cccs2)c(C)c1. The van der Waals surface area contributed by atoms with Crippen LogP contribution in [0.5, 0.6) is 0 Å². The first-order valence-electron chi connectivity index (χ1n) is 8.46. The van der Waals surface area contributed by atoms with E-state index in [1.165, 1.54) is 24.5 Å². The summed E-state index contributed by atoms with van der Waals surface area (Å²) in [6.45, 7) is 3.30. The highest BCUT2D eigenvalue weighted by molar-refractivity contribution is 7.93. The zero-order chi connectivity index (χ0) is 20.4. The Morgan fingerprint density at radius 2 is 1.86 bits per heavy atom. The lowest BCUT2D eigenvalue weighted by atomic mass is 10.2. The van der Waals surface area contributed by atoms with Crippen molar-refractivity contribution in [3.8, 4) is 0 Å². The molecule has 1 N–H and O–H groups in total. The Morgan fingerprint density at radius 3 is 2.46 bits per heavy atom. The molecule has 1 atom stereocenters. The fraction of sp³-hybridized carbons (Fsp3) is 0.211. The van der Waals surface area contributed by atoms with Crippen LogP contribution < -0.4 is 4.72 Å². The number of rotatable bonds is 7.